The second-order valence-electron chi connectivity index (χ2n) is 5.40. The van der Waals surface area contributed by atoms with Crippen LogP contribution in [0.15, 0.2) is 0 Å². The van der Waals surface area contributed by atoms with Crippen molar-refractivity contribution < 1.29 is 8.42 Å². The standard InChI is InChI=1S/C13H29N3O2S/c1-5-13(6-2)16(4)19(17,18)15(3)11-7-10-14-12-8-9-12/h12-14H,5-11H2,1-4H3. The Balaban J connectivity index is 2.39. The van der Waals surface area contributed by atoms with Crippen LogP contribution in [0.3, 0.4) is 0 Å². The number of hydrogen-bond acceptors (Lipinski definition) is 3. The van der Waals surface area contributed by atoms with Crippen LogP contribution in [0, 0.1) is 0 Å². The lowest BCUT2D eigenvalue weighted by Crippen LogP contribution is -2.45. The first kappa shape index (κ1) is 16.9. The van der Waals surface area contributed by atoms with E-state index < -0.39 is 10.2 Å². The van der Waals surface area contributed by atoms with Crippen LogP contribution in [0.1, 0.15) is 46.0 Å². The van der Waals surface area contributed by atoms with Crippen LogP contribution in [0.25, 0.3) is 0 Å². The van der Waals surface area contributed by atoms with E-state index in [4.69, 9.17) is 0 Å². The Labute approximate surface area is 118 Å². The van der Waals surface area contributed by atoms with Gasteiger partial charge in [0.1, 0.15) is 0 Å². The van der Waals surface area contributed by atoms with Gasteiger partial charge in [-0.05, 0) is 38.6 Å². The van der Waals surface area contributed by atoms with E-state index >= 15 is 0 Å². The molecule has 5 nitrogen and oxygen atoms in total. The molecule has 0 saturated heterocycles. The van der Waals surface area contributed by atoms with Gasteiger partial charge in [0.25, 0.3) is 10.2 Å². The molecule has 0 aromatic carbocycles. The molecule has 19 heavy (non-hydrogen) atoms. The maximum atomic E-state index is 12.4. The van der Waals surface area contributed by atoms with Crippen molar-refractivity contribution >= 4 is 10.2 Å². The highest BCUT2D eigenvalue weighted by Gasteiger charge is 2.28. The third-order valence-corrected chi connectivity index (χ3v) is 5.87. The molecule has 6 heteroatoms. The van der Waals surface area contributed by atoms with Crippen molar-refractivity contribution in [1.29, 1.82) is 0 Å². The maximum absolute atomic E-state index is 12.4. The summed E-state index contributed by atoms with van der Waals surface area (Å²) in [7, 11) is 0.0498. The fourth-order valence-corrected chi connectivity index (χ4v) is 3.70. The quantitative estimate of drug-likeness (QED) is 0.619. The molecule has 0 aromatic heterocycles. The van der Waals surface area contributed by atoms with Gasteiger partial charge in [0.2, 0.25) is 0 Å². The Morgan fingerprint density at radius 3 is 2.26 bits per heavy atom. The zero-order valence-corrected chi connectivity index (χ0v) is 13.5. The first-order chi connectivity index (χ1) is 8.93. The van der Waals surface area contributed by atoms with Crippen molar-refractivity contribution in [2.75, 3.05) is 27.2 Å². The van der Waals surface area contributed by atoms with Gasteiger partial charge in [0.05, 0.1) is 0 Å². The first-order valence-electron chi connectivity index (χ1n) is 7.36. The van der Waals surface area contributed by atoms with Gasteiger partial charge >= 0.3 is 0 Å². The average molecular weight is 291 g/mol. The minimum absolute atomic E-state index is 0.0945. The predicted octanol–water partition coefficient (Wildman–Crippen LogP) is 1.43. The molecule has 0 amide bonds. The molecule has 0 bridgehead atoms. The average Bonchev–Trinajstić information content (AvgIpc) is 3.19. The van der Waals surface area contributed by atoms with Crippen molar-refractivity contribution in [3.63, 3.8) is 0 Å². The van der Waals surface area contributed by atoms with E-state index in [-0.39, 0.29) is 6.04 Å². The lowest BCUT2D eigenvalue weighted by atomic mass is 10.2. The summed E-state index contributed by atoms with van der Waals surface area (Å²) in [6.45, 7) is 5.53. The Kier molecular flexibility index (Phi) is 6.73. The van der Waals surface area contributed by atoms with Crippen LogP contribution < -0.4 is 5.32 Å². The summed E-state index contributed by atoms with van der Waals surface area (Å²) in [5.41, 5.74) is 0. The van der Waals surface area contributed by atoms with Gasteiger partial charge in [-0.3, -0.25) is 0 Å². The van der Waals surface area contributed by atoms with Crippen LogP contribution >= 0.6 is 0 Å². The minimum Gasteiger partial charge on any atom is -0.314 e. The fourth-order valence-electron chi connectivity index (χ4n) is 2.22. The van der Waals surface area contributed by atoms with Crippen molar-refractivity contribution in [3.8, 4) is 0 Å². The molecule has 1 fully saturated rings. The summed E-state index contributed by atoms with van der Waals surface area (Å²) in [5, 5.41) is 3.40. The fraction of sp³-hybridized carbons (Fsp3) is 1.00. The SMILES string of the molecule is CCC(CC)N(C)S(=O)(=O)N(C)CCCNC1CC1. The van der Waals surface area contributed by atoms with Gasteiger partial charge in [-0.2, -0.15) is 17.0 Å². The number of rotatable bonds is 10. The second kappa shape index (κ2) is 7.57. The molecule has 1 N–H and O–H groups in total. The van der Waals surface area contributed by atoms with E-state index in [1.165, 1.54) is 21.5 Å². The maximum Gasteiger partial charge on any atom is 0.281 e. The molecule has 0 aromatic rings. The normalized spacial score (nSPS) is 16.8. The Morgan fingerprint density at radius 2 is 1.79 bits per heavy atom. The highest BCUT2D eigenvalue weighted by Crippen LogP contribution is 2.18. The zero-order valence-electron chi connectivity index (χ0n) is 12.7. The third kappa shape index (κ3) is 5.02. The van der Waals surface area contributed by atoms with Crippen LogP contribution in [0.5, 0.6) is 0 Å². The van der Waals surface area contributed by atoms with Gasteiger partial charge in [0, 0.05) is 32.7 Å². The molecule has 0 radical (unpaired) electrons. The van der Waals surface area contributed by atoms with E-state index in [0.717, 1.165) is 25.8 Å². The van der Waals surface area contributed by atoms with Crippen molar-refractivity contribution in [1.82, 2.24) is 13.9 Å². The van der Waals surface area contributed by atoms with Crippen LogP contribution in [0.4, 0.5) is 0 Å². The van der Waals surface area contributed by atoms with Gasteiger partial charge in [-0.1, -0.05) is 13.8 Å². The van der Waals surface area contributed by atoms with Crippen molar-refractivity contribution in [2.24, 2.45) is 0 Å². The Hall–Kier alpha value is -0.170. The van der Waals surface area contributed by atoms with E-state index in [1.54, 1.807) is 14.1 Å². The van der Waals surface area contributed by atoms with Gasteiger partial charge in [-0.15, -0.1) is 0 Å². The van der Waals surface area contributed by atoms with E-state index in [2.05, 4.69) is 5.32 Å². The summed E-state index contributed by atoms with van der Waals surface area (Å²) >= 11 is 0. The Morgan fingerprint density at radius 1 is 1.21 bits per heavy atom. The summed E-state index contributed by atoms with van der Waals surface area (Å²) in [6.07, 6.45) is 5.10. The van der Waals surface area contributed by atoms with E-state index in [9.17, 15) is 8.42 Å². The molecule has 1 rings (SSSR count). The van der Waals surface area contributed by atoms with Crippen LogP contribution in [0.2, 0.25) is 0 Å². The van der Waals surface area contributed by atoms with Crippen LogP contribution in [-0.2, 0) is 10.2 Å². The monoisotopic (exact) mass is 291 g/mol. The molecule has 0 heterocycles. The molecular weight excluding hydrogens is 262 g/mol. The molecule has 0 unspecified atom stereocenters. The summed E-state index contributed by atoms with van der Waals surface area (Å²) < 4.78 is 27.7. The molecule has 1 saturated carbocycles. The van der Waals surface area contributed by atoms with Gasteiger partial charge in [0.15, 0.2) is 0 Å². The Bertz CT molecular complexity index is 351. The summed E-state index contributed by atoms with van der Waals surface area (Å²) in [5.74, 6) is 0. The second-order valence-corrected chi connectivity index (χ2v) is 7.49. The molecule has 0 spiro atoms. The molecule has 1 aliphatic rings. The smallest absolute Gasteiger partial charge is 0.281 e. The summed E-state index contributed by atoms with van der Waals surface area (Å²) in [4.78, 5) is 0. The third-order valence-electron chi connectivity index (χ3n) is 3.87. The number of nitrogens with one attached hydrogen (secondary N) is 1. The zero-order chi connectivity index (χ0) is 14.5. The van der Waals surface area contributed by atoms with Gasteiger partial charge in [-0.25, -0.2) is 0 Å². The van der Waals surface area contributed by atoms with Crippen molar-refractivity contribution in [2.45, 2.75) is 58.0 Å². The van der Waals surface area contributed by atoms with E-state index in [0.29, 0.717) is 12.6 Å². The molecule has 0 atom stereocenters. The highest BCUT2D eigenvalue weighted by atomic mass is 32.2. The molecule has 1 aliphatic carbocycles. The van der Waals surface area contributed by atoms with Crippen molar-refractivity contribution in [3.05, 3.63) is 0 Å². The van der Waals surface area contributed by atoms with Crippen LogP contribution in [-0.4, -0.2) is 56.3 Å². The summed E-state index contributed by atoms with van der Waals surface area (Å²) in [6, 6.07) is 0.784. The lowest BCUT2D eigenvalue weighted by molar-refractivity contribution is 0.316. The van der Waals surface area contributed by atoms with E-state index in [1.807, 2.05) is 13.8 Å². The van der Waals surface area contributed by atoms with Gasteiger partial charge < -0.3 is 5.32 Å². The lowest BCUT2D eigenvalue weighted by Gasteiger charge is -2.29. The number of hydrogen-bond donors (Lipinski definition) is 1. The largest absolute Gasteiger partial charge is 0.314 e. The highest BCUT2D eigenvalue weighted by molar-refractivity contribution is 7.86. The minimum atomic E-state index is -3.31. The molecule has 0 aliphatic heterocycles. The molecule has 114 valence electrons. The predicted molar refractivity (Wildman–Crippen MR) is 79.3 cm³/mol. The first-order valence-corrected chi connectivity index (χ1v) is 8.75. The number of nitrogens with zero attached hydrogens (tertiary/aromatic N) is 2. The topological polar surface area (TPSA) is 52.7 Å². The molecular formula is C13H29N3O2S.